The Labute approximate surface area is 241 Å². The van der Waals surface area contributed by atoms with Crippen molar-refractivity contribution in [3.05, 3.63) is 39.8 Å². The molecule has 1 amide bonds. The van der Waals surface area contributed by atoms with Crippen molar-refractivity contribution >= 4 is 31.1 Å². The lowest BCUT2D eigenvalue weighted by atomic mass is 9.74. The molecule has 10 nitrogen and oxygen atoms in total. The summed E-state index contributed by atoms with van der Waals surface area (Å²) in [5.74, 6) is 0.816. The molecule has 0 aromatic carbocycles. The molecule has 0 unspecified atom stereocenters. The number of hydrogen-bond donors (Lipinski definition) is 0. The Morgan fingerprint density at radius 1 is 1.24 bits per heavy atom. The molecular formula is C29H42FN5O5Si. The fourth-order valence-corrected chi connectivity index (χ4v) is 6.65. The van der Waals surface area contributed by atoms with Gasteiger partial charge in [-0.1, -0.05) is 25.7 Å². The van der Waals surface area contributed by atoms with E-state index in [1.807, 2.05) is 31.4 Å². The quantitative estimate of drug-likeness (QED) is 0.347. The Kier molecular flexibility index (Phi) is 8.03. The molecule has 224 valence electrons. The van der Waals surface area contributed by atoms with E-state index < -0.39 is 19.1 Å². The van der Waals surface area contributed by atoms with Crippen molar-refractivity contribution in [1.29, 1.82) is 0 Å². The topological polar surface area (TPSA) is 100 Å². The number of carbonyl (C=O) groups is 1. The van der Waals surface area contributed by atoms with E-state index in [-0.39, 0.29) is 18.4 Å². The van der Waals surface area contributed by atoms with Crippen LogP contribution >= 0.6 is 0 Å². The highest BCUT2D eigenvalue weighted by Crippen LogP contribution is 2.50. The van der Waals surface area contributed by atoms with Crippen LogP contribution in [0.1, 0.15) is 63.5 Å². The predicted octanol–water partition coefficient (Wildman–Crippen LogP) is 4.99. The maximum atomic E-state index is 14.6. The van der Waals surface area contributed by atoms with E-state index >= 15 is 0 Å². The van der Waals surface area contributed by atoms with E-state index in [9.17, 15) is 14.0 Å². The summed E-state index contributed by atoms with van der Waals surface area (Å²) in [6.45, 7) is 14.9. The summed E-state index contributed by atoms with van der Waals surface area (Å²) in [6, 6.07) is 0.979. The lowest BCUT2D eigenvalue weighted by Gasteiger charge is -2.39. The van der Waals surface area contributed by atoms with Crippen molar-refractivity contribution in [1.82, 2.24) is 24.1 Å². The summed E-state index contributed by atoms with van der Waals surface area (Å²) in [7, 11) is -1.33. The molecule has 12 heteroatoms. The first-order valence-electron chi connectivity index (χ1n) is 14.5. The standard InChI is InChI=1S/C29H42FN5O5Si/c1-28(2,3)40-27(37)33-11-9-29(10-12-33)17-21(18-30)23-22(29)25(36)35-26(34(23)19-39-15-16-41(4,5)6)31-24(32-35)20-7-13-38-14-8-20/h7,18H,8-17,19H2,1-6H3/b21-18+. The molecule has 3 aliphatic rings. The van der Waals surface area contributed by atoms with Gasteiger partial charge in [0.2, 0.25) is 5.78 Å². The number of halogens is 1. The zero-order valence-corrected chi connectivity index (χ0v) is 26.1. The van der Waals surface area contributed by atoms with E-state index in [1.165, 1.54) is 4.52 Å². The predicted molar refractivity (Wildman–Crippen MR) is 157 cm³/mol. The Morgan fingerprint density at radius 3 is 2.59 bits per heavy atom. The number of amides is 1. The van der Waals surface area contributed by atoms with Crippen molar-refractivity contribution in [2.24, 2.45) is 0 Å². The van der Waals surface area contributed by atoms with Gasteiger partial charge in [0.1, 0.15) is 12.3 Å². The summed E-state index contributed by atoms with van der Waals surface area (Å²) < 4.78 is 34.9. The number of carbonyl (C=O) groups excluding carboxylic acids is 1. The largest absolute Gasteiger partial charge is 0.444 e. The van der Waals surface area contributed by atoms with Gasteiger partial charge < -0.3 is 19.1 Å². The van der Waals surface area contributed by atoms with Crippen molar-refractivity contribution in [3.8, 4) is 0 Å². The normalized spacial score (nSPS) is 20.1. The first-order chi connectivity index (χ1) is 19.3. The van der Waals surface area contributed by atoms with Crippen LogP contribution in [0.5, 0.6) is 0 Å². The van der Waals surface area contributed by atoms with Crippen LogP contribution in [-0.4, -0.2) is 76.7 Å². The zero-order chi connectivity index (χ0) is 29.6. The minimum atomic E-state index is -1.33. The highest BCUT2D eigenvalue weighted by Gasteiger charge is 2.49. The van der Waals surface area contributed by atoms with Gasteiger partial charge in [-0.3, -0.25) is 9.36 Å². The van der Waals surface area contributed by atoms with Crippen molar-refractivity contribution in [2.45, 2.75) is 89.9 Å². The molecule has 4 heterocycles. The van der Waals surface area contributed by atoms with Gasteiger partial charge in [-0.05, 0) is 58.1 Å². The van der Waals surface area contributed by atoms with E-state index in [4.69, 9.17) is 19.2 Å². The lowest BCUT2D eigenvalue weighted by molar-refractivity contribution is 0.0167. The van der Waals surface area contributed by atoms with E-state index in [1.54, 1.807) is 4.90 Å². The molecule has 2 aromatic rings. The Hall–Kier alpha value is -2.83. The van der Waals surface area contributed by atoms with Crippen LogP contribution in [0.25, 0.3) is 16.9 Å². The van der Waals surface area contributed by atoms with Gasteiger partial charge in [0.15, 0.2) is 5.82 Å². The highest BCUT2D eigenvalue weighted by molar-refractivity contribution is 6.76. The molecule has 0 saturated carbocycles. The minimum absolute atomic E-state index is 0.133. The lowest BCUT2D eigenvalue weighted by Crippen LogP contribution is -2.47. The zero-order valence-electron chi connectivity index (χ0n) is 25.1. The molecule has 0 atom stereocenters. The molecule has 0 N–H and O–H groups in total. The van der Waals surface area contributed by atoms with Crippen LogP contribution in [0.15, 0.2) is 17.2 Å². The van der Waals surface area contributed by atoms with Crippen LogP contribution in [0.3, 0.4) is 0 Å². The Bertz CT molecular complexity index is 1440. The maximum Gasteiger partial charge on any atom is 0.410 e. The van der Waals surface area contributed by atoms with Crippen LogP contribution in [0, 0.1) is 0 Å². The second-order valence-electron chi connectivity index (χ2n) is 13.6. The smallest absolute Gasteiger partial charge is 0.410 e. The molecular weight excluding hydrogens is 545 g/mol. The fourth-order valence-electron chi connectivity index (χ4n) is 5.89. The molecule has 2 aromatic heterocycles. The highest BCUT2D eigenvalue weighted by atomic mass is 28.3. The second kappa shape index (κ2) is 11.1. The number of likely N-dealkylation sites (tertiary alicyclic amines) is 1. The van der Waals surface area contributed by atoms with Crippen LogP contribution in [-0.2, 0) is 26.4 Å². The van der Waals surface area contributed by atoms with Gasteiger partial charge in [0.25, 0.3) is 5.56 Å². The second-order valence-corrected chi connectivity index (χ2v) is 19.2. The maximum absolute atomic E-state index is 14.6. The summed E-state index contributed by atoms with van der Waals surface area (Å²) >= 11 is 0. The average molecular weight is 588 g/mol. The third-order valence-corrected chi connectivity index (χ3v) is 9.78. The number of ether oxygens (including phenoxy) is 3. The van der Waals surface area contributed by atoms with Gasteiger partial charge >= 0.3 is 6.09 Å². The minimum Gasteiger partial charge on any atom is -0.444 e. The van der Waals surface area contributed by atoms with Gasteiger partial charge in [0.05, 0.1) is 30.8 Å². The summed E-state index contributed by atoms with van der Waals surface area (Å²) in [5, 5.41) is 4.66. The molecule has 1 aliphatic carbocycles. The van der Waals surface area contributed by atoms with E-state index in [0.717, 1.165) is 11.6 Å². The first-order valence-corrected chi connectivity index (χ1v) is 18.2. The number of rotatable bonds is 6. The van der Waals surface area contributed by atoms with Gasteiger partial charge in [-0.25, -0.2) is 9.18 Å². The SMILES string of the molecule is CC(C)(C)OC(=O)N1CCC2(CC1)C/C(=C\F)c1c2c(=O)n2nc(C3=CCOCC3)nc2n1COCC[Si](C)(C)C. The first kappa shape index (κ1) is 29.7. The van der Waals surface area contributed by atoms with Crippen molar-refractivity contribution in [3.63, 3.8) is 0 Å². The van der Waals surface area contributed by atoms with Crippen molar-refractivity contribution < 1.29 is 23.4 Å². The third-order valence-electron chi connectivity index (χ3n) is 8.08. The number of fused-ring (bicyclic) bond motifs is 3. The number of nitrogens with zero attached hydrogens (tertiary/aromatic N) is 5. The molecule has 1 saturated heterocycles. The summed E-state index contributed by atoms with van der Waals surface area (Å²) in [4.78, 5) is 33.4. The Balaban J connectivity index is 1.56. The molecule has 1 fully saturated rings. The number of piperidine rings is 1. The van der Waals surface area contributed by atoms with Crippen LogP contribution in [0.4, 0.5) is 9.18 Å². The molecule has 0 radical (unpaired) electrons. The molecule has 0 bridgehead atoms. The fraction of sp³-hybridized carbons (Fsp3) is 0.655. The third kappa shape index (κ3) is 6.05. The van der Waals surface area contributed by atoms with E-state index in [2.05, 4.69) is 24.7 Å². The number of hydrogen-bond acceptors (Lipinski definition) is 7. The molecule has 5 rings (SSSR count). The van der Waals surface area contributed by atoms with Crippen molar-refractivity contribution in [2.75, 3.05) is 32.9 Å². The Morgan fingerprint density at radius 2 is 1.98 bits per heavy atom. The van der Waals surface area contributed by atoms with Crippen LogP contribution < -0.4 is 5.56 Å². The monoisotopic (exact) mass is 587 g/mol. The summed E-state index contributed by atoms with van der Waals surface area (Å²) in [6.07, 6.45) is 4.22. The number of allylic oxidation sites excluding steroid dienone is 1. The number of aromatic nitrogens is 4. The van der Waals surface area contributed by atoms with Crippen LogP contribution in [0.2, 0.25) is 25.7 Å². The van der Waals surface area contributed by atoms with Gasteiger partial charge in [-0.15, -0.1) is 5.10 Å². The average Bonchev–Trinajstić information content (AvgIpc) is 3.48. The molecule has 1 spiro atoms. The van der Waals surface area contributed by atoms with E-state index in [0.29, 0.717) is 93.4 Å². The molecule has 41 heavy (non-hydrogen) atoms. The molecule has 2 aliphatic heterocycles. The van der Waals surface area contributed by atoms with Gasteiger partial charge in [0, 0.05) is 38.8 Å². The van der Waals surface area contributed by atoms with Gasteiger partial charge in [-0.2, -0.15) is 9.50 Å². The summed E-state index contributed by atoms with van der Waals surface area (Å²) in [5.41, 5.74) is 0.924.